The maximum Gasteiger partial charge on any atom is 0.219 e. The number of hydrogen-bond acceptors (Lipinski definition) is 1. The van der Waals surface area contributed by atoms with Gasteiger partial charge in [-0.25, -0.2) is 0 Å². The third-order valence-electron chi connectivity index (χ3n) is 3.24. The molecule has 2 heteroatoms. The minimum Gasteiger partial charge on any atom is -0.353 e. The Morgan fingerprint density at radius 2 is 1.67 bits per heavy atom. The second-order valence-electron chi connectivity index (χ2n) is 6.53. The average Bonchev–Trinajstić information content (AvgIpc) is 1.97. The van der Waals surface area contributed by atoms with E-state index < -0.39 is 0 Å². The summed E-state index contributed by atoms with van der Waals surface area (Å²) in [6.45, 7) is 11.1. The molecule has 1 rings (SSSR count). The third-order valence-corrected chi connectivity index (χ3v) is 3.24. The summed E-state index contributed by atoms with van der Waals surface area (Å²) in [5.74, 6) is 0.188. The number of rotatable bonds is 2. The Morgan fingerprint density at radius 3 is 2.07 bits per heavy atom. The van der Waals surface area contributed by atoms with E-state index in [4.69, 9.17) is 0 Å². The highest BCUT2D eigenvalue weighted by Crippen LogP contribution is 2.45. The van der Waals surface area contributed by atoms with Gasteiger partial charge in [0.15, 0.2) is 0 Å². The Kier molecular flexibility index (Phi) is 3.47. The van der Waals surface area contributed by atoms with Crippen LogP contribution in [0.3, 0.4) is 0 Å². The molecule has 0 unspecified atom stereocenters. The molecule has 0 saturated heterocycles. The van der Waals surface area contributed by atoms with Crippen molar-refractivity contribution in [3.05, 3.63) is 0 Å². The van der Waals surface area contributed by atoms with Gasteiger partial charge in [-0.2, -0.15) is 0 Å². The topological polar surface area (TPSA) is 29.1 Å². The molecule has 88 valence electrons. The van der Waals surface area contributed by atoms with Crippen LogP contribution in [-0.2, 0) is 4.79 Å². The van der Waals surface area contributed by atoms with Crippen LogP contribution < -0.4 is 5.32 Å². The van der Waals surface area contributed by atoms with Gasteiger partial charge in [-0.15, -0.1) is 0 Å². The second kappa shape index (κ2) is 4.15. The molecule has 15 heavy (non-hydrogen) atoms. The van der Waals surface area contributed by atoms with Gasteiger partial charge in [0, 0.05) is 12.5 Å². The largest absolute Gasteiger partial charge is 0.353 e. The lowest BCUT2D eigenvalue weighted by Gasteiger charge is -2.45. The van der Waals surface area contributed by atoms with Crippen LogP contribution >= 0.6 is 0 Å². The summed E-state index contributed by atoms with van der Waals surface area (Å²) in [4.78, 5) is 11.4. The van der Waals surface area contributed by atoms with Crippen molar-refractivity contribution in [3.63, 3.8) is 0 Å². The summed E-state index contributed by atoms with van der Waals surface area (Å²) in [6, 6.07) is 0.371. The third kappa shape index (κ3) is 3.84. The van der Waals surface area contributed by atoms with Gasteiger partial charge in [-0.05, 0) is 30.1 Å². The molecule has 1 N–H and O–H groups in total. The first kappa shape index (κ1) is 12.5. The van der Waals surface area contributed by atoms with Gasteiger partial charge < -0.3 is 5.32 Å². The van der Waals surface area contributed by atoms with Crippen molar-refractivity contribution < 1.29 is 4.79 Å². The molecule has 2 nitrogen and oxygen atoms in total. The van der Waals surface area contributed by atoms with Crippen molar-refractivity contribution in [2.75, 3.05) is 0 Å². The molecule has 1 amide bonds. The van der Waals surface area contributed by atoms with Gasteiger partial charge >= 0.3 is 0 Å². The lowest BCUT2D eigenvalue weighted by Crippen LogP contribution is -2.45. The zero-order chi connectivity index (χ0) is 11.7. The van der Waals surface area contributed by atoms with Crippen molar-refractivity contribution in [2.45, 2.75) is 66.3 Å². The molecule has 0 radical (unpaired) electrons. The molecule has 0 bridgehead atoms. The molecular weight excluding hydrogens is 186 g/mol. The number of carbonyl (C=O) groups excluding carboxylic acids is 1. The van der Waals surface area contributed by atoms with E-state index in [-0.39, 0.29) is 5.91 Å². The molecule has 0 spiro atoms. The van der Waals surface area contributed by atoms with Crippen LogP contribution in [-0.4, -0.2) is 11.9 Å². The molecule has 1 aliphatic rings. The maximum absolute atomic E-state index is 11.4. The van der Waals surface area contributed by atoms with E-state index in [1.165, 1.54) is 6.42 Å². The first-order chi connectivity index (χ1) is 6.74. The SMILES string of the molecule is CCC(=O)NC1CC(C)(C)CC(C)(C)C1. The van der Waals surface area contributed by atoms with Crippen LogP contribution in [0.4, 0.5) is 0 Å². The van der Waals surface area contributed by atoms with E-state index in [9.17, 15) is 4.79 Å². The minimum atomic E-state index is 0.188. The van der Waals surface area contributed by atoms with Gasteiger partial charge in [0.25, 0.3) is 0 Å². The predicted octanol–water partition coefficient (Wildman–Crippen LogP) is 3.12. The van der Waals surface area contributed by atoms with Crippen molar-refractivity contribution in [1.82, 2.24) is 5.32 Å². The zero-order valence-corrected chi connectivity index (χ0v) is 10.8. The normalized spacial score (nSPS) is 24.9. The highest BCUT2D eigenvalue weighted by Gasteiger charge is 2.38. The Labute approximate surface area is 93.8 Å². The fraction of sp³-hybridized carbons (Fsp3) is 0.923. The van der Waals surface area contributed by atoms with Gasteiger partial charge in [0.05, 0.1) is 0 Å². The number of carbonyl (C=O) groups is 1. The fourth-order valence-electron chi connectivity index (χ4n) is 3.28. The molecule has 0 aliphatic heterocycles. The quantitative estimate of drug-likeness (QED) is 0.747. The predicted molar refractivity (Wildman–Crippen MR) is 63.6 cm³/mol. The molecule has 0 aromatic heterocycles. The van der Waals surface area contributed by atoms with Gasteiger partial charge in [0.1, 0.15) is 0 Å². The molecular formula is C13H25NO. The molecule has 0 aromatic carbocycles. The second-order valence-corrected chi connectivity index (χ2v) is 6.53. The molecule has 0 aromatic rings. The first-order valence-corrected chi connectivity index (χ1v) is 6.03. The summed E-state index contributed by atoms with van der Waals surface area (Å²) in [6.07, 6.45) is 4.07. The maximum atomic E-state index is 11.4. The van der Waals surface area contributed by atoms with Crippen molar-refractivity contribution in [2.24, 2.45) is 10.8 Å². The van der Waals surface area contributed by atoms with Gasteiger partial charge in [-0.1, -0.05) is 34.6 Å². The van der Waals surface area contributed by atoms with E-state index in [2.05, 4.69) is 33.0 Å². The Balaban J connectivity index is 2.63. The summed E-state index contributed by atoms with van der Waals surface area (Å²) in [5.41, 5.74) is 0.709. The van der Waals surface area contributed by atoms with Crippen molar-refractivity contribution in [3.8, 4) is 0 Å². The van der Waals surface area contributed by atoms with Crippen LogP contribution in [0.1, 0.15) is 60.3 Å². The summed E-state index contributed by atoms with van der Waals surface area (Å²) in [7, 11) is 0. The lowest BCUT2D eigenvalue weighted by molar-refractivity contribution is -0.122. The molecule has 1 aliphatic carbocycles. The summed E-state index contributed by atoms with van der Waals surface area (Å²) in [5, 5.41) is 3.14. The smallest absolute Gasteiger partial charge is 0.219 e. The van der Waals surface area contributed by atoms with E-state index >= 15 is 0 Å². The minimum absolute atomic E-state index is 0.188. The Bertz CT molecular complexity index is 227. The van der Waals surface area contributed by atoms with Crippen LogP contribution in [0.5, 0.6) is 0 Å². The monoisotopic (exact) mass is 211 g/mol. The van der Waals surface area contributed by atoms with Gasteiger partial charge in [0.2, 0.25) is 5.91 Å². The number of amides is 1. The van der Waals surface area contributed by atoms with E-state index in [1.807, 2.05) is 6.92 Å². The van der Waals surface area contributed by atoms with E-state index in [0.717, 1.165) is 12.8 Å². The van der Waals surface area contributed by atoms with Crippen molar-refractivity contribution >= 4 is 5.91 Å². The average molecular weight is 211 g/mol. The highest BCUT2D eigenvalue weighted by molar-refractivity contribution is 5.75. The van der Waals surface area contributed by atoms with Crippen LogP contribution in [0.2, 0.25) is 0 Å². The highest BCUT2D eigenvalue weighted by atomic mass is 16.1. The Morgan fingerprint density at radius 1 is 1.20 bits per heavy atom. The fourth-order valence-corrected chi connectivity index (χ4v) is 3.28. The first-order valence-electron chi connectivity index (χ1n) is 6.03. The standard InChI is InChI=1S/C13H25NO/c1-6-11(15)14-10-7-12(2,3)9-13(4,5)8-10/h10H,6-9H2,1-5H3,(H,14,15). The summed E-state index contributed by atoms with van der Waals surface area (Å²) >= 11 is 0. The summed E-state index contributed by atoms with van der Waals surface area (Å²) < 4.78 is 0. The van der Waals surface area contributed by atoms with Gasteiger partial charge in [-0.3, -0.25) is 4.79 Å². The van der Waals surface area contributed by atoms with E-state index in [0.29, 0.717) is 23.3 Å². The van der Waals surface area contributed by atoms with Crippen LogP contribution in [0, 0.1) is 10.8 Å². The molecule has 1 fully saturated rings. The molecule has 0 heterocycles. The van der Waals surface area contributed by atoms with E-state index in [1.54, 1.807) is 0 Å². The van der Waals surface area contributed by atoms with Crippen molar-refractivity contribution in [1.29, 1.82) is 0 Å². The molecule has 0 atom stereocenters. The zero-order valence-electron chi connectivity index (χ0n) is 10.8. The number of nitrogens with one attached hydrogen (secondary N) is 1. The van der Waals surface area contributed by atoms with Crippen LogP contribution in [0.15, 0.2) is 0 Å². The number of hydrogen-bond donors (Lipinski definition) is 1. The van der Waals surface area contributed by atoms with Crippen LogP contribution in [0.25, 0.3) is 0 Å². The molecule has 1 saturated carbocycles. The lowest BCUT2D eigenvalue weighted by atomic mass is 9.63. The Hall–Kier alpha value is -0.530.